The minimum absolute atomic E-state index is 0.155. The van der Waals surface area contributed by atoms with E-state index in [2.05, 4.69) is 56.2 Å². The van der Waals surface area contributed by atoms with Gasteiger partial charge in [0.15, 0.2) is 0 Å². The molecule has 2 heterocycles. The number of alkyl halides is 2. The first-order chi connectivity index (χ1) is 20.0. The number of halogens is 3. The molecule has 10 heteroatoms. The maximum Gasteiger partial charge on any atom is 0.314 e. The quantitative estimate of drug-likeness (QED) is 0.238. The number of aromatic nitrogens is 2. The molecule has 0 bridgehead atoms. The molecule has 1 aliphatic heterocycles. The molecule has 0 spiro atoms. The van der Waals surface area contributed by atoms with Crippen LogP contribution in [0.3, 0.4) is 0 Å². The van der Waals surface area contributed by atoms with E-state index in [-0.39, 0.29) is 18.0 Å². The van der Waals surface area contributed by atoms with E-state index >= 15 is 4.39 Å². The van der Waals surface area contributed by atoms with Gasteiger partial charge in [0, 0.05) is 62.6 Å². The number of nitrogens with one attached hydrogen (secondary N) is 1. The molecule has 0 radical (unpaired) electrons. The topological polar surface area (TPSA) is 60.7 Å². The second kappa shape index (κ2) is 13.5. The van der Waals surface area contributed by atoms with Gasteiger partial charge in [-0.05, 0) is 29.8 Å². The summed E-state index contributed by atoms with van der Waals surface area (Å²) >= 11 is 0. The van der Waals surface area contributed by atoms with E-state index in [4.69, 9.17) is 4.42 Å². The summed E-state index contributed by atoms with van der Waals surface area (Å²) in [6, 6.07) is 24.6. The minimum atomic E-state index is -2.89. The molecule has 0 aliphatic carbocycles. The van der Waals surface area contributed by atoms with Crippen molar-refractivity contribution in [2.45, 2.75) is 19.5 Å². The van der Waals surface area contributed by atoms with Gasteiger partial charge in [0.2, 0.25) is 5.89 Å². The lowest BCUT2D eigenvalue weighted by Gasteiger charge is -2.35. The molecule has 0 amide bonds. The molecule has 1 fully saturated rings. The highest BCUT2D eigenvalue weighted by atomic mass is 19.3. The van der Waals surface area contributed by atoms with Gasteiger partial charge in [0.25, 0.3) is 5.89 Å². The molecule has 0 atom stereocenters. The van der Waals surface area contributed by atoms with Crippen LogP contribution in [0.5, 0.6) is 0 Å². The second-order valence-electron chi connectivity index (χ2n) is 9.95. The van der Waals surface area contributed by atoms with Gasteiger partial charge in [0.05, 0.1) is 12.4 Å². The Morgan fingerprint density at radius 1 is 0.927 bits per heavy atom. The Morgan fingerprint density at radius 2 is 1.61 bits per heavy atom. The van der Waals surface area contributed by atoms with Gasteiger partial charge in [-0.3, -0.25) is 9.80 Å². The molecule has 3 aromatic carbocycles. The van der Waals surface area contributed by atoms with Gasteiger partial charge in [0.1, 0.15) is 5.82 Å². The minimum Gasteiger partial charge on any atom is -0.415 e. The molecule has 214 valence electrons. The van der Waals surface area contributed by atoms with Gasteiger partial charge in [-0.2, -0.15) is 8.78 Å². The van der Waals surface area contributed by atoms with E-state index in [1.54, 1.807) is 12.1 Å². The van der Waals surface area contributed by atoms with Crippen LogP contribution in [-0.4, -0.2) is 59.3 Å². The van der Waals surface area contributed by atoms with Crippen LogP contribution in [0, 0.1) is 5.82 Å². The fourth-order valence-electron chi connectivity index (χ4n) is 4.84. The summed E-state index contributed by atoms with van der Waals surface area (Å²) in [5, 5.41) is 10.3. The van der Waals surface area contributed by atoms with Crippen molar-refractivity contribution in [3.8, 4) is 11.5 Å². The predicted molar refractivity (Wildman–Crippen MR) is 153 cm³/mol. The third-order valence-corrected chi connectivity index (χ3v) is 7.12. The number of hydrogen-bond donors (Lipinski definition) is 1. The maximum absolute atomic E-state index is 15.2. The Morgan fingerprint density at radius 3 is 2.27 bits per heavy atom. The summed E-state index contributed by atoms with van der Waals surface area (Å²) in [5.41, 5.74) is 2.84. The Kier molecular flexibility index (Phi) is 9.33. The van der Waals surface area contributed by atoms with Crippen molar-refractivity contribution < 1.29 is 17.6 Å². The first kappa shape index (κ1) is 28.4. The molecule has 0 saturated carbocycles. The highest BCUT2D eigenvalue weighted by Crippen LogP contribution is 2.27. The monoisotopic (exact) mass is 562 g/mol. The van der Waals surface area contributed by atoms with E-state index in [1.807, 2.05) is 41.3 Å². The smallest absolute Gasteiger partial charge is 0.314 e. The number of anilines is 1. The van der Waals surface area contributed by atoms with Crippen molar-refractivity contribution in [1.29, 1.82) is 0 Å². The lowest BCUT2D eigenvalue weighted by Crippen LogP contribution is -2.48. The fourth-order valence-corrected chi connectivity index (χ4v) is 4.84. The average molecular weight is 563 g/mol. The van der Waals surface area contributed by atoms with Crippen molar-refractivity contribution in [3.63, 3.8) is 0 Å². The zero-order valence-electron chi connectivity index (χ0n) is 22.7. The molecule has 1 N–H and O–H groups in total. The number of piperazine rings is 1. The highest BCUT2D eigenvalue weighted by molar-refractivity contribution is 5.55. The van der Waals surface area contributed by atoms with Crippen molar-refractivity contribution in [1.82, 2.24) is 25.3 Å². The standard InChI is InChI=1S/C31H33F3N6O/c1-23(35-14-15-38-16-18-39(19-17-38)21-24-8-4-2-5-9-24)40(27-10-6-3-7-11-27)22-26-13-12-25(20-28(26)32)30-36-37-31(41-30)29(33)34/h2-13,20,29,35H,1,14-19,21-22H2. The van der Waals surface area contributed by atoms with Crippen LogP contribution in [0.2, 0.25) is 0 Å². The zero-order chi connectivity index (χ0) is 28.6. The van der Waals surface area contributed by atoms with Crippen LogP contribution in [0.25, 0.3) is 11.5 Å². The van der Waals surface area contributed by atoms with Crippen molar-refractivity contribution >= 4 is 5.69 Å². The van der Waals surface area contributed by atoms with Crippen LogP contribution >= 0.6 is 0 Å². The van der Waals surface area contributed by atoms with Crippen molar-refractivity contribution in [2.24, 2.45) is 0 Å². The molecule has 5 rings (SSSR count). The fraction of sp³-hybridized carbons (Fsp3) is 0.290. The van der Waals surface area contributed by atoms with E-state index in [0.29, 0.717) is 17.9 Å². The maximum atomic E-state index is 15.2. The number of hydrogen-bond acceptors (Lipinski definition) is 7. The zero-order valence-corrected chi connectivity index (χ0v) is 22.7. The van der Waals surface area contributed by atoms with Gasteiger partial charge < -0.3 is 14.6 Å². The molecule has 1 aliphatic rings. The molecular formula is C31H33F3N6O. The number of nitrogens with zero attached hydrogens (tertiary/aromatic N) is 5. The Bertz CT molecular complexity index is 1410. The van der Waals surface area contributed by atoms with E-state index in [9.17, 15) is 8.78 Å². The molecular weight excluding hydrogens is 529 g/mol. The largest absolute Gasteiger partial charge is 0.415 e. The van der Waals surface area contributed by atoms with Crippen molar-refractivity contribution in [2.75, 3.05) is 44.2 Å². The third-order valence-electron chi connectivity index (χ3n) is 7.12. The van der Waals surface area contributed by atoms with Gasteiger partial charge in [-0.25, -0.2) is 4.39 Å². The van der Waals surface area contributed by atoms with Crippen LogP contribution in [0.15, 0.2) is 95.7 Å². The summed E-state index contributed by atoms with van der Waals surface area (Å²) in [6.45, 7) is 11.0. The van der Waals surface area contributed by atoms with Crippen LogP contribution in [-0.2, 0) is 13.1 Å². The first-order valence-electron chi connectivity index (χ1n) is 13.6. The van der Waals surface area contributed by atoms with Crippen LogP contribution in [0.4, 0.5) is 18.9 Å². The van der Waals surface area contributed by atoms with Gasteiger partial charge in [-0.1, -0.05) is 61.2 Å². The molecule has 1 saturated heterocycles. The Labute approximate surface area is 237 Å². The normalized spacial score (nSPS) is 14.3. The second-order valence-corrected chi connectivity index (χ2v) is 9.95. The first-order valence-corrected chi connectivity index (χ1v) is 13.6. The number of rotatable bonds is 12. The Hall–Kier alpha value is -4.15. The van der Waals surface area contributed by atoms with Crippen molar-refractivity contribution in [3.05, 3.63) is 114 Å². The molecule has 0 unspecified atom stereocenters. The third kappa shape index (κ3) is 7.53. The highest BCUT2D eigenvalue weighted by Gasteiger charge is 2.20. The van der Waals surface area contributed by atoms with Gasteiger partial charge >= 0.3 is 6.43 Å². The van der Waals surface area contributed by atoms with E-state index < -0.39 is 18.1 Å². The summed E-state index contributed by atoms with van der Waals surface area (Å²) < 4.78 is 45.8. The van der Waals surface area contributed by atoms with Crippen LogP contribution < -0.4 is 10.2 Å². The molecule has 1 aromatic heterocycles. The van der Waals surface area contributed by atoms with Gasteiger partial charge in [-0.15, -0.1) is 10.2 Å². The Balaban J connectivity index is 1.17. The summed E-state index contributed by atoms with van der Waals surface area (Å²) in [7, 11) is 0. The molecule has 4 aromatic rings. The lowest BCUT2D eigenvalue weighted by molar-refractivity contribution is 0.116. The van der Waals surface area contributed by atoms with E-state index in [0.717, 1.165) is 45.0 Å². The predicted octanol–water partition coefficient (Wildman–Crippen LogP) is 5.70. The lowest BCUT2D eigenvalue weighted by atomic mass is 10.1. The van der Waals surface area contributed by atoms with Crippen LogP contribution in [0.1, 0.15) is 23.4 Å². The number of para-hydroxylation sites is 1. The van der Waals surface area contributed by atoms with E-state index in [1.165, 1.54) is 11.6 Å². The summed E-state index contributed by atoms with van der Waals surface area (Å²) in [6.07, 6.45) is -2.89. The SMILES string of the molecule is C=C(NCCN1CCN(Cc2ccccc2)CC1)N(Cc1ccc(-c2nnc(C(F)F)o2)cc1F)c1ccccc1. The average Bonchev–Trinajstić information content (AvgIpc) is 3.49. The number of benzene rings is 3. The summed E-state index contributed by atoms with van der Waals surface area (Å²) in [4.78, 5) is 6.83. The summed E-state index contributed by atoms with van der Waals surface area (Å²) in [5.74, 6) is -0.809. The molecule has 7 nitrogen and oxygen atoms in total. The molecule has 41 heavy (non-hydrogen) atoms.